The van der Waals surface area contributed by atoms with Crippen LogP contribution in [-0.4, -0.2) is 32.3 Å². The van der Waals surface area contributed by atoms with E-state index in [1.165, 1.54) is 12.1 Å². The number of nitrogens with one attached hydrogen (secondary N) is 1. The fourth-order valence-corrected chi connectivity index (χ4v) is 4.46. The van der Waals surface area contributed by atoms with E-state index in [2.05, 4.69) is 20.7 Å². The molecule has 0 spiro atoms. The Labute approximate surface area is 156 Å². The lowest BCUT2D eigenvalue weighted by atomic mass is 10.1. The molecule has 5 nitrogen and oxygen atoms in total. The maximum Gasteiger partial charge on any atom is 0.261 e. The van der Waals surface area contributed by atoms with Gasteiger partial charge in [0.1, 0.15) is 0 Å². The van der Waals surface area contributed by atoms with E-state index >= 15 is 0 Å². The lowest BCUT2D eigenvalue weighted by Gasteiger charge is -2.17. The summed E-state index contributed by atoms with van der Waals surface area (Å²) in [6.07, 6.45) is 1.98. The molecule has 2 aromatic carbocycles. The second-order valence-electron chi connectivity index (χ2n) is 6.06. The van der Waals surface area contributed by atoms with Crippen LogP contribution in [0, 0.1) is 6.92 Å². The Morgan fingerprint density at radius 2 is 1.80 bits per heavy atom. The summed E-state index contributed by atoms with van der Waals surface area (Å²) in [4.78, 5) is 14.5. The minimum Gasteiger partial charge on any atom is -0.339 e. The number of sulfonamides is 1. The summed E-state index contributed by atoms with van der Waals surface area (Å²) < 4.78 is 28.6. The maximum absolute atomic E-state index is 12.7. The first kappa shape index (κ1) is 17.9. The van der Waals surface area contributed by atoms with Crippen molar-refractivity contribution in [3.05, 3.63) is 58.1 Å². The monoisotopic (exact) mass is 422 g/mol. The highest BCUT2D eigenvalue weighted by molar-refractivity contribution is 9.10. The molecular formula is C18H19BrN2O3S. The normalized spacial score (nSPS) is 14.6. The molecule has 0 atom stereocenters. The molecule has 7 heteroatoms. The van der Waals surface area contributed by atoms with Gasteiger partial charge in [0.2, 0.25) is 0 Å². The predicted octanol–water partition coefficient (Wildman–Crippen LogP) is 3.79. The van der Waals surface area contributed by atoms with Crippen LogP contribution in [0.1, 0.15) is 28.8 Å². The average Bonchev–Trinajstić information content (AvgIpc) is 3.11. The summed E-state index contributed by atoms with van der Waals surface area (Å²) in [5, 5.41) is 0. The van der Waals surface area contributed by atoms with Crippen molar-refractivity contribution in [1.29, 1.82) is 0 Å². The van der Waals surface area contributed by atoms with Crippen molar-refractivity contribution in [3.8, 4) is 0 Å². The topological polar surface area (TPSA) is 66.5 Å². The van der Waals surface area contributed by atoms with Gasteiger partial charge in [0, 0.05) is 23.1 Å². The van der Waals surface area contributed by atoms with Gasteiger partial charge < -0.3 is 4.90 Å². The SMILES string of the molecule is Cc1ccc(S(=O)(=O)Nc2ccccc2Br)cc1C(=O)N1CCCC1. The Balaban J connectivity index is 1.93. The Morgan fingerprint density at radius 3 is 2.48 bits per heavy atom. The third-order valence-corrected chi connectivity index (χ3v) is 6.32. The molecule has 1 fully saturated rings. The van der Waals surface area contributed by atoms with Crippen LogP contribution in [0.5, 0.6) is 0 Å². The second-order valence-corrected chi connectivity index (χ2v) is 8.60. The first-order valence-corrected chi connectivity index (χ1v) is 10.3. The fraction of sp³-hybridized carbons (Fsp3) is 0.278. The van der Waals surface area contributed by atoms with Crippen molar-refractivity contribution >= 4 is 37.5 Å². The highest BCUT2D eigenvalue weighted by atomic mass is 79.9. The summed E-state index contributed by atoms with van der Waals surface area (Å²) >= 11 is 3.33. The number of carbonyl (C=O) groups excluding carboxylic acids is 1. The Kier molecular flexibility index (Phi) is 5.15. The number of carbonyl (C=O) groups is 1. The van der Waals surface area contributed by atoms with Crippen molar-refractivity contribution in [3.63, 3.8) is 0 Å². The van der Waals surface area contributed by atoms with Gasteiger partial charge in [-0.1, -0.05) is 18.2 Å². The molecule has 0 aromatic heterocycles. The molecule has 0 unspecified atom stereocenters. The number of likely N-dealkylation sites (tertiary alicyclic amines) is 1. The van der Waals surface area contributed by atoms with Gasteiger partial charge in [-0.3, -0.25) is 9.52 Å². The number of amides is 1. The summed E-state index contributed by atoms with van der Waals surface area (Å²) in [5.41, 5.74) is 1.67. The van der Waals surface area contributed by atoms with Gasteiger partial charge in [-0.2, -0.15) is 0 Å². The molecule has 132 valence electrons. The summed E-state index contributed by atoms with van der Waals surface area (Å²) in [7, 11) is -3.78. The van der Waals surface area contributed by atoms with Crippen LogP contribution < -0.4 is 4.72 Å². The van der Waals surface area contributed by atoms with Crippen molar-refractivity contribution in [2.45, 2.75) is 24.7 Å². The minimum atomic E-state index is -3.78. The van der Waals surface area contributed by atoms with Gasteiger partial charge in [0.25, 0.3) is 15.9 Å². The standard InChI is InChI=1S/C18H19BrN2O3S/c1-13-8-9-14(12-15(13)18(22)21-10-4-5-11-21)25(23,24)20-17-7-3-2-6-16(17)19/h2-3,6-9,12,20H,4-5,10-11H2,1H3. The Bertz CT molecular complexity index is 906. The van der Waals surface area contributed by atoms with Crippen LogP contribution in [0.25, 0.3) is 0 Å². The molecule has 1 N–H and O–H groups in total. The zero-order valence-electron chi connectivity index (χ0n) is 13.8. The molecule has 3 rings (SSSR count). The number of benzene rings is 2. The van der Waals surface area contributed by atoms with E-state index in [1.807, 2.05) is 6.92 Å². The average molecular weight is 423 g/mol. The van der Waals surface area contributed by atoms with E-state index in [0.717, 1.165) is 31.5 Å². The number of hydrogen-bond donors (Lipinski definition) is 1. The number of para-hydroxylation sites is 1. The van der Waals surface area contributed by atoms with Gasteiger partial charge in [0.05, 0.1) is 10.6 Å². The van der Waals surface area contributed by atoms with Crippen LogP contribution in [0.15, 0.2) is 51.8 Å². The first-order chi connectivity index (χ1) is 11.9. The van der Waals surface area contributed by atoms with Crippen LogP contribution in [0.4, 0.5) is 5.69 Å². The van der Waals surface area contributed by atoms with Crippen molar-refractivity contribution in [1.82, 2.24) is 4.90 Å². The largest absolute Gasteiger partial charge is 0.339 e. The minimum absolute atomic E-state index is 0.0800. The number of aryl methyl sites for hydroxylation is 1. The van der Waals surface area contributed by atoms with Gasteiger partial charge in [-0.05, 0) is 65.5 Å². The Morgan fingerprint density at radius 1 is 1.12 bits per heavy atom. The fourth-order valence-electron chi connectivity index (χ4n) is 2.84. The van der Waals surface area contributed by atoms with Gasteiger partial charge in [0.15, 0.2) is 0 Å². The molecule has 1 amide bonds. The third kappa shape index (κ3) is 3.88. The number of hydrogen-bond acceptors (Lipinski definition) is 3. The molecule has 1 heterocycles. The van der Waals surface area contributed by atoms with Crippen LogP contribution in [0.2, 0.25) is 0 Å². The highest BCUT2D eigenvalue weighted by Crippen LogP contribution is 2.26. The number of rotatable bonds is 4. The van der Waals surface area contributed by atoms with E-state index in [9.17, 15) is 13.2 Å². The molecule has 1 aliphatic heterocycles. The molecule has 1 saturated heterocycles. The zero-order valence-corrected chi connectivity index (χ0v) is 16.2. The summed E-state index contributed by atoms with van der Waals surface area (Å²) in [6.45, 7) is 3.27. The second kappa shape index (κ2) is 7.17. The van der Waals surface area contributed by atoms with E-state index < -0.39 is 10.0 Å². The summed E-state index contributed by atoms with van der Waals surface area (Å²) in [6, 6.07) is 11.7. The number of anilines is 1. The van der Waals surface area contributed by atoms with Gasteiger partial charge in [-0.25, -0.2) is 8.42 Å². The maximum atomic E-state index is 12.7. The lowest BCUT2D eigenvalue weighted by molar-refractivity contribution is 0.0792. The van der Waals surface area contributed by atoms with E-state index in [0.29, 0.717) is 15.7 Å². The van der Waals surface area contributed by atoms with Crippen molar-refractivity contribution in [2.75, 3.05) is 17.8 Å². The molecule has 2 aromatic rings. The van der Waals surface area contributed by atoms with Crippen LogP contribution >= 0.6 is 15.9 Å². The van der Waals surface area contributed by atoms with Gasteiger partial charge in [-0.15, -0.1) is 0 Å². The van der Waals surface area contributed by atoms with Crippen LogP contribution in [-0.2, 0) is 10.0 Å². The molecule has 0 aliphatic carbocycles. The molecule has 25 heavy (non-hydrogen) atoms. The first-order valence-electron chi connectivity index (χ1n) is 8.06. The van der Waals surface area contributed by atoms with E-state index in [-0.39, 0.29) is 10.8 Å². The third-order valence-electron chi connectivity index (χ3n) is 4.26. The number of halogens is 1. The number of nitrogens with zero attached hydrogens (tertiary/aromatic N) is 1. The molecule has 0 bridgehead atoms. The predicted molar refractivity (Wildman–Crippen MR) is 101 cm³/mol. The van der Waals surface area contributed by atoms with E-state index in [4.69, 9.17) is 0 Å². The molecule has 0 saturated carbocycles. The summed E-state index contributed by atoms with van der Waals surface area (Å²) in [5.74, 6) is -0.104. The lowest BCUT2D eigenvalue weighted by Crippen LogP contribution is -2.28. The van der Waals surface area contributed by atoms with E-state index in [1.54, 1.807) is 35.2 Å². The smallest absolute Gasteiger partial charge is 0.261 e. The molecular weight excluding hydrogens is 404 g/mol. The quantitative estimate of drug-likeness (QED) is 0.814. The van der Waals surface area contributed by atoms with Crippen molar-refractivity contribution in [2.24, 2.45) is 0 Å². The van der Waals surface area contributed by atoms with Crippen LogP contribution in [0.3, 0.4) is 0 Å². The Hall–Kier alpha value is -1.86. The molecule has 0 radical (unpaired) electrons. The van der Waals surface area contributed by atoms with Gasteiger partial charge >= 0.3 is 0 Å². The van der Waals surface area contributed by atoms with Crippen molar-refractivity contribution < 1.29 is 13.2 Å². The highest BCUT2D eigenvalue weighted by Gasteiger charge is 2.23. The molecule has 1 aliphatic rings. The zero-order chi connectivity index (χ0) is 18.0.